The van der Waals surface area contributed by atoms with Crippen molar-refractivity contribution in [2.45, 2.75) is 25.8 Å². The predicted octanol–water partition coefficient (Wildman–Crippen LogP) is 2.30. The maximum absolute atomic E-state index is 12.0. The summed E-state index contributed by atoms with van der Waals surface area (Å²) in [5.41, 5.74) is 7.33. The lowest BCUT2D eigenvalue weighted by Crippen LogP contribution is -2.34. The average molecular weight is 290 g/mol. The number of likely N-dealkylation sites (N-methyl/N-ethyl adjacent to an activating group) is 1. The Balaban J connectivity index is 1.67. The summed E-state index contributed by atoms with van der Waals surface area (Å²) in [6.45, 7) is 3.44. The molecule has 5 nitrogen and oxygen atoms in total. The monoisotopic (exact) mass is 290 g/mol. The molecule has 1 aromatic carbocycles. The van der Waals surface area contributed by atoms with Crippen molar-refractivity contribution in [1.29, 1.82) is 0 Å². The van der Waals surface area contributed by atoms with E-state index in [4.69, 9.17) is 5.73 Å². The first-order valence-electron chi connectivity index (χ1n) is 6.85. The van der Waals surface area contributed by atoms with E-state index in [0.717, 1.165) is 16.8 Å². The number of carbonyl (C=O) groups is 1. The topological polar surface area (TPSA) is 71.2 Å². The lowest BCUT2D eigenvalue weighted by Gasteiger charge is -2.18. The van der Waals surface area contributed by atoms with Crippen LogP contribution in [0.5, 0.6) is 0 Å². The summed E-state index contributed by atoms with van der Waals surface area (Å²) < 4.78 is 0.995. The first kappa shape index (κ1) is 13.3. The van der Waals surface area contributed by atoms with Crippen molar-refractivity contribution in [2.24, 2.45) is 0 Å². The summed E-state index contributed by atoms with van der Waals surface area (Å²) in [7, 11) is 0. The van der Waals surface area contributed by atoms with Gasteiger partial charge in [0.25, 0.3) is 0 Å². The highest BCUT2D eigenvalue weighted by atomic mass is 32.1. The molecule has 3 rings (SSSR count). The summed E-state index contributed by atoms with van der Waals surface area (Å²) in [6, 6.07) is 6.17. The van der Waals surface area contributed by atoms with E-state index >= 15 is 0 Å². The number of rotatable bonds is 5. The van der Waals surface area contributed by atoms with Crippen LogP contribution in [0, 0.1) is 0 Å². The largest absolute Gasteiger partial charge is 0.399 e. The quantitative estimate of drug-likeness (QED) is 0.829. The molecular weight excluding hydrogens is 272 g/mol. The molecule has 106 valence electrons. The van der Waals surface area contributed by atoms with Gasteiger partial charge in [-0.2, -0.15) is 0 Å². The molecule has 1 aromatic heterocycles. The summed E-state index contributed by atoms with van der Waals surface area (Å²) in [5, 5.41) is 3.53. The van der Waals surface area contributed by atoms with Gasteiger partial charge in [-0.3, -0.25) is 9.69 Å². The highest BCUT2D eigenvalue weighted by Crippen LogP contribution is 2.28. The number of hydrogen-bond donors (Lipinski definition) is 2. The third-order valence-electron chi connectivity index (χ3n) is 3.47. The molecule has 1 fully saturated rings. The molecule has 20 heavy (non-hydrogen) atoms. The minimum absolute atomic E-state index is 0.00535. The zero-order valence-electron chi connectivity index (χ0n) is 11.4. The molecule has 0 saturated heterocycles. The van der Waals surface area contributed by atoms with E-state index < -0.39 is 0 Å². The Morgan fingerprint density at radius 2 is 2.35 bits per heavy atom. The van der Waals surface area contributed by atoms with E-state index in [1.165, 1.54) is 24.2 Å². The highest BCUT2D eigenvalue weighted by molar-refractivity contribution is 7.22. The van der Waals surface area contributed by atoms with Gasteiger partial charge < -0.3 is 11.1 Å². The fraction of sp³-hybridized carbons (Fsp3) is 0.429. The SMILES string of the molecule is CCN(CC(=O)Nc1nc2ccc(N)cc2s1)C1CC1. The van der Waals surface area contributed by atoms with Gasteiger partial charge in [0.05, 0.1) is 16.8 Å². The van der Waals surface area contributed by atoms with Crippen molar-refractivity contribution in [3.8, 4) is 0 Å². The van der Waals surface area contributed by atoms with Gasteiger partial charge in [-0.05, 0) is 37.6 Å². The molecule has 0 atom stereocenters. The Morgan fingerprint density at radius 1 is 1.55 bits per heavy atom. The number of carbonyl (C=O) groups excluding carboxylic acids is 1. The molecule has 1 aliphatic carbocycles. The third kappa shape index (κ3) is 2.91. The summed E-state index contributed by atoms with van der Waals surface area (Å²) in [6.07, 6.45) is 2.42. The molecule has 0 radical (unpaired) electrons. The number of thiazole rings is 1. The summed E-state index contributed by atoms with van der Waals surface area (Å²) >= 11 is 1.46. The Morgan fingerprint density at radius 3 is 3.05 bits per heavy atom. The van der Waals surface area contributed by atoms with Crippen LogP contribution in [0.1, 0.15) is 19.8 Å². The first-order valence-corrected chi connectivity index (χ1v) is 7.67. The van der Waals surface area contributed by atoms with Crippen molar-refractivity contribution in [3.05, 3.63) is 18.2 Å². The van der Waals surface area contributed by atoms with E-state index in [-0.39, 0.29) is 5.91 Å². The molecule has 1 saturated carbocycles. The van der Waals surface area contributed by atoms with Gasteiger partial charge in [-0.25, -0.2) is 4.98 Å². The zero-order chi connectivity index (χ0) is 14.1. The average Bonchev–Trinajstić information content (AvgIpc) is 3.17. The number of nitrogens with one attached hydrogen (secondary N) is 1. The lowest BCUT2D eigenvalue weighted by atomic mass is 10.3. The van der Waals surface area contributed by atoms with Crippen LogP contribution in [0.3, 0.4) is 0 Å². The van der Waals surface area contributed by atoms with Crippen LogP contribution in [0.15, 0.2) is 18.2 Å². The van der Waals surface area contributed by atoms with Gasteiger partial charge in [-0.1, -0.05) is 18.3 Å². The zero-order valence-corrected chi connectivity index (χ0v) is 12.2. The number of hydrogen-bond acceptors (Lipinski definition) is 5. The number of benzene rings is 1. The van der Waals surface area contributed by atoms with Crippen molar-refractivity contribution in [1.82, 2.24) is 9.88 Å². The van der Waals surface area contributed by atoms with Gasteiger partial charge >= 0.3 is 0 Å². The third-order valence-corrected chi connectivity index (χ3v) is 4.41. The molecule has 6 heteroatoms. The Kier molecular flexibility index (Phi) is 3.58. The summed E-state index contributed by atoms with van der Waals surface area (Å²) in [5.74, 6) is 0.00535. The fourth-order valence-corrected chi connectivity index (χ4v) is 3.21. The number of fused-ring (bicyclic) bond motifs is 1. The Hall–Kier alpha value is -1.66. The number of anilines is 2. The molecule has 0 bridgehead atoms. The molecule has 0 aliphatic heterocycles. The smallest absolute Gasteiger partial charge is 0.240 e. The number of nitrogens with two attached hydrogens (primary N) is 1. The molecule has 3 N–H and O–H groups in total. The van der Waals surface area contributed by atoms with E-state index in [0.29, 0.717) is 23.4 Å². The second-order valence-corrected chi connectivity index (χ2v) is 6.12. The van der Waals surface area contributed by atoms with Gasteiger partial charge in [0.15, 0.2) is 5.13 Å². The van der Waals surface area contributed by atoms with Gasteiger partial charge in [0.1, 0.15) is 0 Å². The lowest BCUT2D eigenvalue weighted by molar-refractivity contribution is -0.117. The Bertz CT molecular complexity index is 635. The van der Waals surface area contributed by atoms with Crippen LogP contribution in [0.2, 0.25) is 0 Å². The first-order chi connectivity index (χ1) is 9.65. The van der Waals surface area contributed by atoms with Crippen LogP contribution in [0.25, 0.3) is 10.2 Å². The van der Waals surface area contributed by atoms with Crippen molar-refractivity contribution >= 4 is 38.3 Å². The molecule has 2 aromatic rings. The van der Waals surface area contributed by atoms with Crippen LogP contribution < -0.4 is 11.1 Å². The van der Waals surface area contributed by atoms with E-state index in [2.05, 4.69) is 22.1 Å². The van der Waals surface area contributed by atoms with E-state index in [1.54, 1.807) is 0 Å². The maximum Gasteiger partial charge on any atom is 0.240 e. The Labute approximate surface area is 121 Å². The molecule has 0 spiro atoms. The van der Waals surface area contributed by atoms with Crippen molar-refractivity contribution in [2.75, 3.05) is 24.1 Å². The molecule has 1 heterocycles. The fourth-order valence-electron chi connectivity index (χ4n) is 2.28. The molecule has 1 amide bonds. The van der Waals surface area contributed by atoms with Gasteiger partial charge in [0, 0.05) is 11.7 Å². The standard InChI is InChI=1S/C14H18N4OS/c1-2-18(10-4-5-10)8-13(19)17-14-16-11-6-3-9(15)7-12(11)20-14/h3,6-7,10H,2,4-5,8,15H2,1H3,(H,16,17,19). The minimum atomic E-state index is 0.00535. The second-order valence-electron chi connectivity index (χ2n) is 5.09. The van der Waals surface area contributed by atoms with Crippen molar-refractivity contribution in [3.63, 3.8) is 0 Å². The predicted molar refractivity (Wildman–Crippen MR) is 82.9 cm³/mol. The summed E-state index contributed by atoms with van der Waals surface area (Å²) in [4.78, 5) is 18.7. The van der Waals surface area contributed by atoms with Crippen LogP contribution in [0.4, 0.5) is 10.8 Å². The van der Waals surface area contributed by atoms with E-state index in [1.807, 2.05) is 18.2 Å². The number of nitrogen functional groups attached to an aromatic ring is 1. The molecular formula is C14H18N4OS. The maximum atomic E-state index is 12.0. The van der Waals surface area contributed by atoms with E-state index in [9.17, 15) is 4.79 Å². The van der Waals surface area contributed by atoms with Gasteiger partial charge in [-0.15, -0.1) is 0 Å². The van der Waals surface area contributed by atoms with Gasteiger partial charge in [0.2, 0.25) is 5.91 Å². The van der Waals surface area contributed by atoms with Crippen LogP contribution in [-0.4, -0.2) is 34.9 Å². The highest BCUT2D eigenvalue weighted by Gasteiger charge is 2.29. The van der Waals surface area contributed by atoms with Crippen molar-refractivity contribution < 1.29 is 4.79 Å². The normalized spacial score (nSPS) is 14.9. The number of amides is 1. The van der Waals surface area contributed by atoms with Crippen LogP contribution >= 0.6 is 11.3 Å². The second kappa shape index (κ2) is 5.38. The molecule has 1 aliphatic rings. The number of aromatic nitrogens is 1. The van der Waals surface area contributed by atoms with Crippen LogP contribution in [-0.2, 0) is 4.79 Å². The number of nitrogens with zero attached hydrogens (tertiary/aromatic N) is 2. The molecule has 0 unspecified atom stereocenters. The minimum Gasteiger partial charge on any atom is -0.399 e.